The van der Waals surface area contributed by atoms with E-state index >= 15 is 0 Å². The molecule has 2 saturated heterocycles. The van der Waals surface area contributed by atoms with Crippen molar-refractivity contribution in [2.45, 2.75) is 46.3 Å². The van der Waals surface area contributed by atoms with E-state index in [4.69, 9.17) is 4.99 Å². The number of halogens is 1. The lowest BCUT2D eigenvalue weighted by atomic mass is 10.1. The van der Waals surface area contributed by atoms with Crippen LogP contribution in [-0.4, -0.2) is 79.3 Å². The number of aliphatic hydroxyl groups excluding tert-OH is 1. The predicted octanol–water partition coefficient (Wildman–Crippen LogP) is 2.53. The van der Waals surface area contributed by atoms with Crippen molar-refractivity contribution in [2.75, 3.05) is 57.3 Å². The third-order valence-corrected chi connectivity index (χ3v) is 5.86. The van der Waals surface area contributed by atoms with Gasteiger partial charge < -0.3 is 20.2 Å². The van der Waals surface area contributed by atoms with Crippen molar-refractivity contribution >= 4 is 11.6 Å². The first-order valence-electron chi connectivity index (χ1n) is 11.4. The van der Waals surface area contributed by atoms with Gasteiger partial charge in [0.1, 0.15) is 5.82 Å². The van der Waals surface area contributed by atoms with Crippen LogP contribution in [0, 0.1) is 11.7 Å². The van der Waals surface area contributed by atoms with E-state index in [-0.39, 0.29) is 11.9 Å². The fraction of sp³-hybridized carbons (Fsp3) is 0.696. The minimum atomic E-state index is -0.255. The minimum Gasteiger partial charge on any atom is -0.393 e. The van der Waals surface area contributed by atoms with Gasteiger partial charge in [-0.15, -0.1) is 0 Å². The topological polar surface area (TPSA) is 54.3 Å². The van der Waals surface area contributed by atoms with Gasteiger partial charge in [-0.05, 0) is 43.4 Å². The molecule has 1 aromatic carbocycles. The van der Waals surface area contributed by atoms with E-state index in [0.29, 0.717) is 44.1 Å². The zero-order valence-electron chi connectivity index (χ0n) is 18.8. The van der Waals surface area contributed by atoms with Crippen molar-refractivity contribution in [3.8, 4) is 0 Å². The summed E-state index contributed by atoms with van der Waals surface area (Å²) >= 11 is 0. The van der Waals surface area contributed by atoms with Crippen LogP contribution in [0.1, 0.15) is 39.2 Å². The molecule has 2 aliphatic heterocycles. The molecule has 0 unspecified atom stereocenters. The monoisotopic (exact) mass is 419 g/mol. The molecule has 168 valence electrons. The minimum absolute atomic E-state index is 0.202. The Labute approximate surface area is 180 Å². The molecular weight excluding hydrogens is 381 g/mol. The molecule has 0 amide bonds. The van der Waals surface area contributed by atoms with E-state index in [1.54, 1.807) is 6.07 Å². The molecule has 7 heteroatoms. The zero-order chi connectivity index (χ0) is 21.5. The summed E-state index contributed by atoms with van der Waals surface area (Å²) in [4.78, 5) is 11.6. The quantitative estimate of drug-likeness (QED) is 0.548. The van der Waals surface area contributed by atoms with E-state index in [0.717, 1.165) is 50.8 Å². The van der Waals surface area contributed by atoms with Crippen LogP contribution >= 0.6 is 0 Å². The predicted molar refractivity (Wildman–Crippen MR) is 122 cm³/mol. The van der Waals surface area contributed by atoms with Gasteiger partial charge in [-0.3, -0.25) is 4.90 Å². The molecule has 2 aliphatic rings. The van der Waals surface area contributed by atoms with Gasteiger partial charge in [0.25, 0.3) is 0 Å². The molecule has 2 N–H and O–H groups in total. The molecule has 0 bridgehead atoms. The Hall–Kier alpha value is -1.86. The fourth-order valence-electron chi connectivity index (χ4n) is 4.26. The summed E-state index contributed by atoms with van der Waals surface area (Å²) in [6.07, 6.45) is 1.14. The molecule has 0 saturated carbocycles. The Morgan fingerprint density at radius 2 is 1.87 bits per heavy atom. The van der Waals surface area contributed by atoms with Crippen molar-refractivity contribution in [3.05, 3.63) is 29.6 Å². The summed E-state index contributed by atoms with van der Waals surface area (Å²) in [6.45, 7) is 14.5. The number of nitrogens with zero attached hydrogens (tertiary/aromatic N) is 4. The van der Waals surface area contributed by atoms with Crippen LogP contribution in [0.5, 0.6) is 0 Å². The number of rotatable bonds is 6. The third-order valence-electron chi connectivity index (χ3n) is 5.86. The molecule has 6 nitrogen and oxygen atoms in total. The molecule has 0 radical (unpaired) electrons. The number of hydrogen-bond donors (Lipinski definition) is 2. The fourth-order valence-corrected chi connectivity index (χ4v) is 4.26. The van der Waals surface area contributed by atoms with Crippen molar-refractivity contribution in [3.63, 3.8) is 0 Å². The van der Waals surface area contributed by atoms with Gasteiger partial charge in [-0.1, -0.05) is 19.9 Å². The summed E-state index contributed by atoms with van der Waals surface area (Å²) in [5, 5.41) is 13.1. The SMILES string of the molecule is CCNC(=NCc1ccc(N2CCC(O)CC2)c(F)c1)N1CCN(CC(C)C)CC1. The maximum absolute atomic E-state index is 14.7. The van der Waals surface area contributed by atoms with Gasteiger partial charge in [0.05, 0.1) is 18.3 Å². The van der Waals surface area contributed by atoms with Gasteiger partial charge in [0.15, 0.2) is 5.96 Å². The van der Waals surface area contributed by atoms with Crippen molar-refractivity contribution in [1.29, 1.82) is 0 Å². The molecule has 0 aliphatic carbocycles. The number of aliphatic imine (C=N–C) groups is 1. The number of guanidine groups is 1. The summed E-state index contributed by atoms with van der Waals surface area (Å²) in [5.41, 5.74) is 1.50. The largest absolute Gasteiger partial charge is 0.393 e. The molecule has 0 aromatic heterocycles. The Kier molecular flexibility index (Phi) is 8.33. The lowest BCUT2D eigenvalue weighted by Gasteiger charge is -2.37. The van der Waals surface area contributed by atoms with Crippen LogP contribution in [0.25, 0.3) is 0 Å². The number of nitrogens with one attached hydrogen (secondary N) is 1. The van der Waals surface area contributed by atoms with Gasteiger partial charge in [-0.2, -0.15) is 0 Å². The number of hydrogen-bond acceptors (Lipinski definition) is 4. The van der Waals surface area contributed by atoms with E-state index < -0.39 is 0 Å². The Morgan fingerprint density at radius 1 is 1.17 bits per heavy atom. The number of piperazine rings is 1. The summed E-state index contributed by atoms with van der Waals surface area (Å²) in [7, 11) is 0. The molecule has 0 spiro atoms. The Morgan fingerprint density at radius 3 is 2.47 bits per heavy atom. The molecule has 2 heterocycles. The molecular formula is C23H38FN5O. The van der Waals surface area contributed by atoms with Crippen molar-refractivity contribution in [2.24, 2.45) is 10.9 Å². The molecule has 1 aromatic rings. The van der Waals surface area contributed by atoms with Crippen LogP contribution in [-0.2, 0) is 6.54 Å². The highest BCUT2D eigenvalue weighted by atomic mass is 19.1. The van der Waals surface area contributed by atoms with E-state index in [1.807, 2.05) is 17.0 Å². The number of anilines is 1. The normalized spacial score (nSPS) is 19.6. The number of aliphatic hydroxyl groups is 1. The lowest BCUT2D eigenvalue weighted by Crippen LogP contribution is -2.53. The first kappa shape index (κ1) is 22.8. The first-order chi connectivity index (χ1) is 14.5. The molecule has 30 heavy (non-hydrogen) atoms. The van der Waals surface area contributed by atoms with Crippen LogP contribution < -0.4 is 10.2 Å². The highest BCUT2D eigenvalue weighted by molar-refractivity contribution is 5.80. The van der Waals surface area contributed by atoms with Gasteiger partial charge in [0.2, 0.25) is 0 Å². The number of benzene rings is 1. The summed E-state index contributed by atoms with van der Waals surface area (Å²) < 4.78 is 14.7. The maximum Gasteiger partial charge on any atom is 0.194 e. The Bertz CT molecular complexity index is 695. The van der Waals surface area contributed by atoms with Crippen LogP contribution in [0.3, 0.4) is 0 Å². The van der Waals surface area contributed by atoms with E-state index in [2.05, 4.69) is 35.9 Å². The molecule has 3 rings (SSSR count). The number of piperidine rings is 1. The second-order valence-corrected chi connectivity index (χ2v) is 8.86. The van der Waals surface area contributed by atoms with E-state index in [1.165, 1.54) is 0 Å². The smallest absolute Gasteiger partial charge is 0.194 e. The zero-order valence-corrected chi connectivity index (χ0v) is 18.8. The third kappa shape index (κ3) is 6.32. The van der Waals surface area contributed by atoms with Crippen molar-refractivity contribution < 1.29 is 9.50 Å². The van der Waals surface area contributed by atoms with E-state index in [9.17, 15) is 9.50 Å². The van der Waals surface area contributed by atoms with Crippen LogP contribution in [0.2, 0.25) is 0 Å². The van der Waals surface area contributed by atoms with Gasteiger partial charge in [-0.25, -0.2) is 9.38 Å². The molecule has 2 fully saturated rings. The average molecular weight is 420 g/mol. The van der Waals surface area contributed by atoms with Gasteiger partial charge >= 0.3 is 0 Å². The second kappa shape index (κ2) is 11.0. The second-order valence-electron chi connectivity index (χ2n) is 8.86. The average Bonchev–Trinajstić information content (AvgIpc) is 2.72. The molecule has 0 atom stereocenters. The first-order valence-corrected chi connectivity index (χ1v) is 11.4. The Balaban J connectivity index is 1.60. The van der Waals surface area contributed by atoms with Crippen LogP contribution in [0.4, 0.5) is 10.1 Å². The maximum atomic E-state index is 14.7. The lowest BCUT2D eigenvalue weighted by molar-refractivity contribution is 0.145. The van der Waals surface area contributed by atoms with Gasteiger partial charge in [0, 0.05) is 52.4 Å². The van der Waals surface area contributed by atoms with Crippen molar-refractivity contribution in [1.82, 2.24) is 15.1 Å². The standard InChI is InChI=1S/C23H38FN5O/c1-4-25-23(29-13-11-27(12-14-29)17-18(2)3)26-16-19-5-6-22(21(24)15-19)28-9-7-20(30)8-10-28/h5-6,15,18,20,30H,4,7-14,16-17H2,1-3H3,(H,25,26). The summed E-state index contributed by atoms with van der Waals surface area (Å²) in [6, 6.07) is 5.43. The van der Waals surface area contributed by atoms with Crippen LogP contribution in [0.15, 0.2) is 23.2 Å². The summed E-state index contributed by atoms with van der Waals surface area (Å²) in [5.74, 6) is 1.40. The highest BCUT2D eigenvalue weighted by Gasteiger charge is 2.21. The highest BCUT2D eigenvalue weighted by Crippen LogP contribution is 2.24.